The van der Waals surface area contributed by atoms with Crippen molar-refractivity contribution in [1.29, 1.82) is 0 Å². The molecule has 166 valence electrons. The van der Waals surface area contributed by atoms with E-state index >= 15 is 0 Å². The van der Waals surface area contributed by atoms with Crippen molar-refractivity contribution in [2.75, 3.05) is 19.0 Å². The van der Waals surface area contributed by atoms with E-state index in [9.17, 15) is 4.79 Å². The third kappa shape index (κ3) is 4.65. The Kier molecular flexibility index (Phi) is 5.91. The number of anilines is 1. The van der Waals surface area contributed by atoms with Gasteiger partial charge >= 0.3 is 0 Å². The van der Waals surface area contributed by atoms with Crippen molar-refractivity contribution >= 4 is 38.9 Å². The van der Waals surface area contributed by atoms with E-state index in [1.807, 2.05) is 60.0 Å². The average molecular weight is 459 g/mol. The highest BCUT2D eigenvalue weighted by Gasteiger charge is 2.13. The zero-order chi connectivity index (χ0) is 22.6. The van der Waals surface area contributed by atoms with Gasteiger partial charge in [0, 0.05) is 17.4 Å². The Balaban J connectivity index is 1.15. The SMILES string of the molecule is COc1ccc(-c2csc3nc(NC(=O)CCCOc4ccc5ccccc5c4)nn23)cc1. The van der Waals surface area contributed by atoms with Crippen LogP contribution in [-0.4, -0.2) is 34.2 Å². The maximum Gasteiger partial charge on any atom is 0.250 e. The van der Waals surface area contributed by atoms with Gasteiger partial charge in [-0.3, -0.25) is 10.1 Å². The molecule has 0 radical (unpaired) electrons. The number of benzene rings is 3. The molecule has 0 spiro atoms. The molecule has 0 aliphatic carbocycles. The van der Waals surface area contributed by atoms with E-state index in [1.54, 1.807) is 11.6 Å². The molecule has 5 rings (SSSR count). The van der Waals surface area contributed by atoms with Crippen LogP contribution in [0.4, 0.5) is 5.95 Å². The Morgan fingerprint density at radius 1 is 1.03 bits per heavy atom. The number of aromatic nitrogens is 3. The van der Waals surface area contributed by atoms with E-state index < -0.39 is 0 Å². The first kappa shape index (κ1) is 21.0. The summed E-state index contributed by atoms with van der Waals surface area (Å²) in [4.78, 5) is 17.5. The third-order valence-corrected chi connectivity index (χ3v) is 6.07. The second-order valence-corrected chi connectivity index (χ2v) is 8.32. The molecule has 0 unspecified atom stereocenters. The third-order valence-electron chi connectivity index (χ3n) is 5.26. The molecular weight excluding hydrogens is 436 g/mol. The number of amides is 1. The first-order chi connectivity index (χ1) is 16.2. The van der Waals surface area contributed by atoms with Gasteiger partial charge in [0.1, 0.15) is 11.5 Å². The number of carbonyl (C=O) groups is 1. The van der Waals surface area contributed by atoms with E-state index in [0.717, 1.165) is 33.1 Å². The topological polar surface area (TPSA) is 77.8 Å². The summed E-state index contributed by atoms with van der Waals surface area (Å²) in [5.74, 6) is 1.76. The molecule has 3 aromatic carbocycles. The van der Waals surface area contributed by atoms with Crippen molar-refractivity contribution in [3.05, 3.63) is 72.1 Å². The second kappa shape index (κ2) is 9.30. The van der Waals surface area contributed by atoms with Crippen molar-refractivity contribution in [1.82, 2.24) is 14.6 Å². The van der Waals surface area contributed by atoms with Crippen molar-refractivity contribution in [2.24, 2.45) is 0 Å². The number of ether oxygens (including phenoxy) is 2. The number of fused-ring (bicyclic) bond motifs is 2. The molecule has 8 heteroatoms. The lowest BCUT2D eigenvalue weighted by Gasteiger charge is -2.07. The smallest absolute Gasteiger partial charge is 0.250 e. The van der Waals surface area contributed by atoms with Gasteiger partial charge in [-0.1, -0.05) is 30.3 Å². The number of rotatable bonds is 8. The summed E-state index contributed by atoms with van der Waals surface area (Å²) in [7, 11) is 1.64. The summed E-state index contributed by atoms with van der Waals surface area (Å²) in [6.07, 6.45) is 0.920. The maximum absolute atomic E-state index is 12.4. The Bertz CT molecular complexity index is 1410. The molecule has 2 aromatic heterocycles. The van der Waals surface area contributed by atoms with Crippen LogP contribution in [0.5, 0.6) is 11.5 Å². The predicted octanol–water partition coefficient (Wildman–Crippen LogP) is 5.42. The Morgan fingerprint density at radius 3 is 2.64 bits per heavy atom. The minimum Gasteiger partial charge on any atom is -0.497 e. The number of nitrogens with one attached hydrogen (secondary N) is 1. The van der Waals surface area contributed by atoms with Crippen LogP contribution >= 0.6 is 11.3 Å². The molecule has 5 aromatic rings. The number of thiazole rings is 1. The number of hydrogen-bond acceptors (Lipinski definition) is 6. The summed E-state index contributed by atoms with van der Waals surface area (Å²) in [5, 5.41) is 11.5. The summed E-state index contributed by atoms with van der Waals surface area (Å²) >= 11 is 1.47. The lowest BCUT2D eigenvalue weighted by molar-refractivity contribution is -0.116. The molecule has 0 aliphatic heterocycles. The van der Waals surface area contributed by atoms with Crippen molar-refractivity contribution < 1.29 is 14.3 Å². The Morgan fingerprint density at radius 2 is 1.82 bits per heavy atom. The Hall–Kier alpha value is -3.91. The minimum absolute atomic E-state index is 0.138. The van der Waals surface area contributed by atoms with Gasteiger partial charge in [-0.25, -0.2) is 4.52 Å². The fourth-order valence-corrected chi connectivity index (χ4v) is 4.39. The maximum atomic E-state index is 12.4. The van der Waals surface area contributed by atoms with Gasteiger partial charge in [0.2, 0.25) is 16.8 Å². The highest BCUT2D eigenvalue weighted by Crippen LogP contribution is 2.27. The molecule has 0 aliphatic rings. The van der Waals surface area contributed by atoms with Gasteiger partial charge in [0.05, 0.1) is 19.4 Å². The molecular formula is C25H22N4O3S. The van der Waals surface area contributed by atoms with Crippen LogP contribution in [-0.2, 0) is 4.79 Å². The van der Waals surface area contributed by atoms with E-state index in [4.69, 9.17) is 9.47 Å². The zero-order valence-electron chi connectivity index (χ0n) is 18.0. The molecule has 1 N–H and O–H groups in total. The van der Waals surface area contributed by atoms with E-state index in [0.29, 0.717) is 25.4 Å². The Labute approximate surface area is 194 Å². The van der Waals surface area contributed by atoms with Crippen LogP contribution < -0.4 is 14.8 Å². The molecule has 1 amide bonds. The van der Waals surface area contributed by atoms with Crippen molar-refractivity contribution in [3.8, 4) is 22.8 Å². The van der Waals surface area contributed by atoms with E-state index in [1.165, 1.54) is 16.7 Å². The first-order valence-electron chi connectivity index (χ1n) is 10.6. The van der Waals surface area contributed by atoms with Crippen LogP contribution in [0.1, 0.15) is 12.8 Å². The van der Waals surface area contributed by atoms with Crippen LogP contribution in [0.3, 0.4) is 0 Å². The number of carbonyl (C=O) groups excluding carboxylic acids is 1. The summed E-state index contributed by atoms with van der Waals surface area (Å²) < 4.78 is 12.8. The van der Waals surface area contributed by atoms with E-state index in [-0.39, 0.29) is 5.91 Å². The summed E-state index contributed by atoms with van der Waals surface area (Å²) in [6, 6.07) is 21.9. The van der Waals surface area contributed by atoms with Gasteiger partial charge in [-0.15, -0.1) is 16.4 Å². The van der Waals surface area contributed by atoms with Crippen LogP contribution in [0.15, 0.2) is 72.1 Å². The highest BCUT2D eigenvalue weighted by molar-refractivity contribution is 7.15. The fraction of sp³-hybridized carbons (Fsp3) is 0.160. The van der Waals surface area contributed by atoms with E-state index in [2.05, 4.69) is 27.5 Å². The lowest BCUT2D eigenvalue weighted by atomic mass is 10.1. The van der Waals surface area contributed by atoms with Gasteiger partial charge in [0.25, 0.3) is 0 Å². The van der Waals surface area contributed by atoms with Crippen LogP contribution in [0.25, 0.3) is 27.0 Å². The summed E-state index contributed by atoms with van der Waals surface area (Å²) in [5.41, 5.74) is 1.91. The van der Waals surface area contributed by atoms with Crippen molar-refractivity contribution in [3.63, 3.8) is 0 Å². The summed E-state index contributed by atoms with van der Waals surface area (Å²) in [6.45, 7) is 0.457. The van der Waals surface area contributed by atoms with Gasteiger partial charge in [-0.2, -0.15) is 4.98 Å². The molecule has 0 atom stereocenters. The monoisotopic (exact) mass is 458 g/mol. The molecule has 0 saturated carbocycles. The molecule has 0 fully saturated rings. The lowest BCUT2D eigenvalue weighted by Crippen LogP contribution is -2.14. The second-order valence-electron chi connectivity index (χ2n) is 7.49. The largest absolute Gasteiger partial charge is 0.497 e. The first-order valence-corrected chi connectivity index (χ1v) is 11.5. The molecule has 2 heterocycles. The molecule has 7 nitrogen and oxygen atoms in total. The average Bonchev–Trinajstić information content (AvgIpc) is 3.42. The quantitative estimate of drug-likeness (QED) is 0.314. The predicted molar refractivity (Wildman–Crippen MR) is 130 cm³/mol. The number of nitrogens with zero attached hydrogens (tertiary/aromatic N) is 3. The molecule has 0 saturated heterocycles. The minimum atomic E-state index is -0.138. The van der Waals surface area contributed by atoms with Crippen LogP contribution in [0.2, 0.25) is 0 Å². The van der Waals surface area contributed by atoms with Gasteiger partial charge in [0.15, 0.2) is 0 Å². The van der Waals surface area contributed by atoms with Crippen molar-refractivity contribution in [2.45, 2.75) is 12.8 Å². The molecule has 0 bridgehead atoms. The molecule has 33 heavy (non-hydrogen) atoms. The fourth-order valence-electron chi connectivity index (χ4n) is 3.56. The number of hydrogen-bond donors (Lipinski definition) is 1. The van der Waals surface area contributed by atoms with Crippen LogP contribution in [0, 0.1) is 0 Å². The zero-order valence-corrected chi connectivity index (χ0v) is 18.8. The van der Waals surface area contributed by atoms with Gasteiger partial charge < -0.3 is 9.47 Å². The normalized spacial score (nSPS) is 11.1. The standard InChI is InChI=1S/C25H22N4O3S/c1-31-20-11-9-18(10-12-20)22-16-33-25-27-24(28-29(22)25)26-23(30)7-4-14-32-21-13-8-17-5-2-3-6-19(17)15-21/h2-3,5-6,8-13,15-16H,4,7,14H2,1H3,(H,26,28,30). The van der Waals surface area contributed by atoms with Gasteiger partial charge in [-0.05, 0) is 53.6 Å². The number of methoxy groups -OCH3 is 1. The highest BCUT2D eigenvalue weighted by atomic mass is 32.1.